The average Bonchev–Trinajstić information content (AvgIpc) is 2.58. The van der Waals surface area contributed by atoms with E-state index >= 15 is 0 Å². The van der Waals surface area contributed by atoms with E-state index in [0.717, 1.165) is 28.5 Å². The van der Waals surface area contributed by atoms with E-state index < -0.39 is 16.1 Å². The van der Waals surface area contributed by atoms with Crippen molar-refractivity contribution in [3.63, 3.8) is 0 Å². The Balaban J connectivity index is 2.35. The first kappa shape index (κ1) is 22.9. The number of aryl methyl sites for hydroxylation is 4. The number of amides is 1. The second-order valence-corrected chi connectivity index (χ2v) is 9.77. The lowest BCUT2D eigenvalue weighted by Gasteiger charge is -2.30. The molecule has 2 rings (SSSR count). The van der Waals surface area contributed by atoms with Gasteiger partial charge in [-0.15, -0.1) is 0 Å². The Bertz CT molecular complexity index is 979. The Hall–Kier alpha value is -2.34. The van der Waals surface area contributed by atoms with Crippen LogP contribution in [0.2, 0.25) is 0 Å². The summed E-state index contributed by atoms with van der Waals surface area (Å²) in [6.45, 7) is 11.5. The molecule has 29 heavy (non-hydrogen) atoms. The molecule has 0 spiro atoms. The van der Waals surface area contributed by atoms with Crippen LogP contribution in [-0.2, 0) is 14.8 Å². The van der Waals surface area contributed by atoms with Crippen molar-refractivity contribution in [2.75, 3.05) is 10.6 Å². The van der Waals surface area contributed by atoms with E-state index in [4.69, 9.17) is 0 Å². The molecular weight excluding hydrogens is 384 g/mol. The summed E-state index contributed by atoms with van der Waals surface area (Å²) in [7, 11) is -3.64. The zero-order chi connectivity index (χ0) is 21.9. The highest BCUT2D eigenvalue weighted by Gasteiger charge is 2.30. The molecule has 1 amide bonds. The third-order valence-electron chi connectivity index (χ3n) is 5.07. The first-order chi connectivity index (χ1) is 13.4. The first-order valence-corrected chi connectivity index (χ1v) is 11.7. The normalized spacial score (nSPS) is 13.6. The quantitative estimate of drug-likeness (QED) is 0.730. The van der Waals surface area contributed by atoms with Crippen LogP contribution in [-0.4, -0.2) is 26.6 Å². The molecule has 0 heterocycles. The molecule has 6 heteroatoms. The second-order valence-electron chi connectivity index (χ2n) is 7.91. The largest absolute Gasteiger partial charge is 0.347 e. The minimum atomic E-state index is -3.64. The van der Waals surface area contributed by atoms with Gasteiger partial charge in [-0.3, -0.25) is 9.10 Å². The standard InChI is InChI=1S/C23H32N2O3S/c1-8-22(21-10-9-15(2)12-18(21)5)24-23(26)19(6)25(29(7,27)28)20-13-16(3)11-17(4)14-20/h9-14,19,22H,8H2,1-7H3,(H,24,26)/t19-,22-/m0/s1. The predicted octanol–water partition coefficient (Wildman–Crippen LogP) is 4.34. The van der Waals surface area contributed by atoms with E-state index in [-0.39, 0.29) is 11.9 Å². The summed E-state index contributed by atoms with van der Waals surface area (Å²) in [6.07, 6.45) is 1.85. The molecular formula is C23H32N2O3S. The number of nitrogens with zero attached hydrogens (tertiary/aromatic N) is 1. The maximum absolute atomic E-state index is 13.1. The molecule has 0 saturated heterocycles. The van der Waals surface area contributed by atoms with Crippen LogP contribution in [0, 0.1) is 27.7 Å². The highest BCUT2D eigenvalue weighted by atomic mass is 32.2. The zero-order valence-corrected chi connectivity index (χ0v) is 19.2. The number of rotatable bonds is 7. The Labute approximate surface area is 175 Å². The summed E-state index contributed by atoms with van der Waals surface area (Å²) < 4.78 is 26.3. The van der Waals surface area contributed by atoms with Crippen molar-refractivity contribution >= 4 is 21.6 Å². The molecule has 2 aromatic rings. The number of carbonyl (C=O) groups excluding carboxylic acids is 1. The first-order valence-electron chi connectivity index (χ1n) is 9.89. The number of sulfonamides is 1. The smallest absolute Gasteiger partial charge is 0.244 e. The van der Waals surface area contributed by atoms with Crippen LogP contribution in [0.3, 0.4) is 0 Å². The van der Waals surface area contributed by atoms with Gasteiger partial charge in [0.05, 0.1) is 18.0 Å². The fourth-order valence-corrected chi connectivity index (χ4v) is 4.95. The second kappa shape index (κ2) is 8.99. The molecule has 2 atom stereocenters. The van der Waals surface area contributed by atoms with E-state index in [1.165, 1.54) is 9.87 Å². The van der Waals surface area contributed by atoms with E-state index in [2.05, 4.69) is 11.4 Å². The molecule has 0 bridgehead atoms. The molecule has 0 fully saturated rings. The monoisotopic (exact) mass is 416 g/mol. The van der Waals surface area contributed by atoms with Crippen molar-refractivity contribution in [3.8, 4) is 0 Å². The molecule has 0 aliphatic heterocycles. The fourth-order valence-electron chi connectivity index (χ4n) is 3.80. The molecule has 2 aromatic carbocycles. The summed E-state index contributed by atoms with van der Waals surface area (Å²) in [5, 5.41) is 3.05. The Kier molecular flexibility index (Phi) is 7.11. The maximum atomic E-state index is 13.1. The number of carbonyl (C=O) groups is 1. The molecule has 0 aliphatic rings. The number of hydrogen-bond acceptors (Lipinski definition) is 3. The van der Waals surface area contributed by atoms with Gasteiger partial charge in [-0.2, -0.15) is 0 Å². The minimum absolute atomic E-state index is 0.175. The Morgan fingerprint density at radius 2 is 1.59 bits per heavy atom. The Morgan fingerprint density at radius 1 is 1.00 bits per heavy atom. The molecule has 0 unspecified atom stereocenters. The molecule has 158 valence electrons. The number of nitrogens with one attached hydrogen (secondary N) is 1. The third-order valence-corrected chi connectivity index (χ3v) is 6.32. The van der Waals surface area contributed by atoms with Crippen LogP contribution < -0.4 is 9.62 Å². The SMILES string of the molecule is CC[C@H](NC(=O)[C@H](C)N(c1cc(C)cc(C)c1)S(C)(=O)=O)c1ccc(C)cc1C. The van der Waals surface area contributed by atoms with Crippen LogP contribution in [0.4, 0.5) is 5.69 Å². The number of benzene rings is 2. The van der Waals surface area contributed by atoms with Crippen molar-refractivity contribution in [2.24, 2.45) is 0 Å². The zero-order valence-electron chi connectivity index (χ0n) is 18.4. The van der Waals surface area contributed by atoms with Gasteiger partial charge in [-0.05, 0) is 75.4 Å². The molecule has 0 aliphatic carbocycles. The van der Waals surface area contributed by atoms with Gasteiger partial charge in [0.25, 0.3) is 0 Å². The maximum Gasteiger partial charge on any atom is 0.244 e. The van der Waals surface area contributed by atoms with E-state index in [0.29, 0.717) is 12.1 Å². The van der Waals surface area contributed by atoms with Gasteiger partial charge in [-0.25, -0.2) is 8.42 Å². The van der Waals surface area contributed by atoms with Gasteiger partial charge in [-0.1, -0.05) is 36.8 Å². The molecule has 0 saturated carbocycles. The van der Waals surface area contributed by atoms with Gasteiger partial charge in [0, 0.05) is 0 Å². The van der Waals surface area contributed by atoms with Crippen LogP contribution in [0.1, 0.15) is 54.1 Å². The lowest BCUT2D eigenvalue weighted by Crippen LogP contribution is -2.48. The van der Waals surface area contributed by atoms with Gasteiger partial charge in [0.2, 0.25) is 15.9 Å². The summed E-state index contributed by atoms with van der Waals surface area (Å²) in [5.41, 5.74) is 5.73. The van der Waals surface area contributed by atoms with E-state index in [9.17, 15) is 13.2 Å². The van der Waals surface area contributed by atoms with Gasteiger partial charge in [0.1, 0.15) is 6.04 Å². The van der Waals surface area contributed by atoms with Crippen LogP contribution in [0.15, 0.2) is 36.4 Å². The number of hydrogen-bond donors (Lipinski definition) is 1. The van der Waals surface area contributed by atoms with Gasteiger partial charge >= 0.3 is 0 Å². The Morgan fingerprint density at radius 3 is 2.07 bits per heavy atom. The van der Waals surface area contributed by atoms with Crippen LogP contribution in [0.25, 0.3) is 0 Å². The van der Waals surface area contributed by atoms with Crippen molar-refractivity contribution in [2.45, 2.75) is 60.0 Å². The van der Waals surface area contributed by atoms with E-state index in [1.54, 1.807) is 19.1 Å². The van der Waals surface area contributed by atoms with Gasteiger partial charge < -0.3 is 5.32 Å². The molecule has 1 N–H and O–H groups in total. The van der Waals surface area contributed by atoms with Crippen molar-refractivity contribution < 1.29 is 13.2 Å². The molecule has 5 nitrogen and oxygen atoms in total. The molecule has 0 aromatic heterocycles. The van der Waals surface area contributed by atoms with Crippen LogP contribution in [0.5, 0.6) is 0 Å². The van der Waals surface area contributed by atoms with Crippen molar-refractivity contribution in [1.82, 2.24) is 5.32 Å². The number of anilines is 1. The summed E-state index contributed by atoms with van der Waals surface area (Å²) in [4.78, 5) is 13.1. The van der Waals surface area contributed by atoms with Crippen LogP contribution >= 0.6 is 0 Å². The summed E-state index contributed by atoms with van der Waals surface area (Å²) in [5.74, 6) is -0.318. The molecule has 0 radical (unpaired) electrons. The van der Waals surface area contributed by atoms with Crippen molar-refractivity contribution in [1.29, 1.82) is 0 Å². The minimum Gasteiger partial charge on any atom is -0.347 e. The topological polar surface area (TPSA) is 66.5 Å². The highest BCUT2D eigenvalue weighted by Crippen LogP contribution is 2.26. The average molecular weight is 417 g/mol. The highest BCUT2D eigenvalue weighted by molar-refractivity contribution is 7.92. The van der Waals surface area contributed by atoms with E-state index in [1.807, 2.05) is 52.8 Å². The summed E-state index contributed by atoms with van der Waals surface area (Å²) >= 11 is 0. The predicted molar refractivity (Wildman–Crippen MR) is 120 cm³/mol. The summed E-state index contributed by atoms with van der Waals surface area (Å²) in [6, 6.07) is 10.7. The van der Waals surface area contributed by atoms with Crippen molar-refractivity contribution in [3.05, 3.63) is 64.2 Å². The lowest BCUT2D eigenvalue weighted by molar-refractivity contribution is -0.122. The van der Waals surface area contributed by atoms with Gasteiger partial charge in [0.15, 0.2) is 0 Å². The fraction of sp³-hybridized carbons (Fsp3) is 0.435. The lowest BCUT2D eigenvalue weighted by atomic mass is 9.97. The third kappa shape index (κ3) is 5.60.